The van der Waals surface area contributed by atoms with Crippen molar-refractivity contribution in [1.82, 2.24) is 9.88 Å². The number of nitrogens with zero attached hydrogens (tertiary/aromatic N) is 2. The van der Waals surface area contributed by atoms with Crippen molar-refractivity contribution >= 4 is 40.7 Å². The first-order valence-corrected chi connectivity index (χ1v) is 13.0. The molecule has 1 unspecified atom stereocenters. The number of anilines is 1. The number of hydrogen-bond acceptors (Lipinski definition) is 5. The molecule has 0 saturated heterocycles. The van der Waals surface area contributed by atoms with Crippen molar-refractivity contribution in [2.75, 3.05) is 19.0 Å². The van der Waals surface area contributed by atoms with Crippen molar-refractivity contribution in [3.63, 3.8) is 0 Å². The summed E-state index contributed by atoms with van der Waals surface area (Å²) in [6.45, 7) is 2.74. The van der Waals surface area contributed by atoms with E-state index in [1.54, 1.807) is 30.5 Å². The zero-order chi connectivity index (χ0) is 26.1. The Morgan fingerprint density at radius 1 is 1.16 bits per heavy atom. The molecule has 0 spiro atoms. The summed E-state index contributed by atoms with van der Waals surface area (Å²) in [6.07, 6.45) is 5.23. The van der Waals surface area contributed by atoms with Crippen LogP contribution in [0.1, 0.15) is 52.9 Å². The minimum absolute atomic E-state index is 0.0310. The van der Waals surface area contributed by atoms with E-state index in [2.05, 4.69) is 10.3 Å². The normalized spacial score (nSPS) is 15.4. The monoisotopic (exact) mass is 539 g/mol. The molecule has 1 aliphatic heterocycles. The van der Waals surface area contributed by atoms with E-state index in [-0.39, 0.29) is 17.7 Å². The van der Waals surface area contributed by atoms with E-state index in [4.69, 9.17) is 32.7 Å². The van der Waals surface area contributed by atoms with Gasteiger partial charge in [-0.25, -0.2) is 0 Å². The number of hydrogen-bond donors (Lipinski definition) is 1. The highest BCUT2D eigenvalue weighted by Gasteiger charge is 2.37. The number of amides is 2. The van der Waals surface area contributed by atoms with Crippen molar-refractivity contribution in [2.24, 2.45) is 5.92 Å². The number of pyridine rings is 1. The van der Waals surface area contributed by atoms with Gasteiger partial charge in [0, 0.05) is 31.3 Å². The first kappa shape index (κ1) is 25.4. The highest BCUT2D eigenvalue weighted by molar-refractivity contribution is 6.35. The minimum atomic E-state index is -0.422. The van der Waals surface area contributed by atoms with Gasteiger partial charge in [0.05, 0.1) is 41.1 Å². The molecule has 1 fully saturated rings. The van der Waals surface area contributed by atoms with Crippen LogP contribution in [0, 0.1) is 5.92 Å². The van der Waals surface area contributed by atoms with E-state index >= 15 is 0 Å². The van der Waals surface area contributed by atoms with Crippen molar-refractivity contribution in [1.29, 1.82) is 0 Å². The molecular weight excluding hydrogens is 513 g/mol. The van der Waals surface area contributed by atoms with Gasteiger partial charge in [-0.05, 0) is 54.7 Å². The summed E-state index contributed by atoms with van der Waals surface area (Å²) in [6, 6.07) is 10.8. The van der Waals surface area contributed by atoms with Crippen molar-refractivity contribution < 1.29 is 19.1 Å². The molecule has 0 bridgehead atoms. The molecule has 192 valence electrons. The third kappa shape index (κ3) is 5.11. The van der Waals surface area contributed by atoms with Crippen LogP contribution in [0.4, 0.5) is 5.69 Å². The highest BCUT2D eigenvalue weighted by Crippen LogP contribution is 2.41. The zero-order valence-corrected chi connectivity index (χ0v) is 22.1. The summed E-state index contributed by atoms with van der Waals surface area (Å²) in [4.78, 5) is 32.3. The molecule has 37 heavy (non-hydrogen) atoms. The molecule has 9 heteroatoms. The Morgan fingerprint density at radius 2 is 1.92 bits per heavy atom. The first-order chi connectivity index (χ1) is 17.9. The fourth-order valence-electron chi connectivity index (χ4n) is 4.72. The molecule has 2 heterocycles. The molecular formula is C28H27Cl2N3O4. The SMILES string of the molecule is CCOc1cc(C(Cc2c(Cl)cncc2Cl)N2Cc3cccc(NC(=O)C4CC4)c3C2=O)ccc1OC. The Kier molecular flexibility index (Phi) is 7.26. The van der Waals surface area contributed by atoms with Gasteiger partial charge in [-0.2, -0.15) is 0 Å². The third-order valence-electron chi connectivity index (χ3n) is 6.77. The van der Waals surface area contributed by atoms with Gasteiger partial charge in [0.15, 0.2) is 11.5 Å². The molecule has 7 nitrogen and oxygen atoms in total. The van der Waals surface area contributed by atoms with E-state index in [1.807, 2.05) is 37.3 Å². The van der Waals surface area contributed by atoms with E-state index in [1.165, 1.54) is 0 Å². The molecule has 1 saturated carbocycles. The summed E-state index contributed by atoms with van der Waals surface area (Å²) in [5.74, 6) is 1.01. The average Bonchev–Trinajstić information content (AvgIpc) is 3.68. The smallest absolute Gasteiger partial charge is 0.257 e. The lowest BCUT2D eigenvalue weighted by Crippen LogP contribution is -2.31. The molecule has 0 radical (unpaired) electrons. The van der Waals surface area contributed by atoms with Crippen molar-refractivity contribution in [2.45, 2.75) is 38.8 Å². The topological polar surface area (TPSA) is 80.8 Å². The van der Waals surface area contributed by atoms with Crippen LogP contribution in [-0.2, 0) is 17.8 Å². The van der Waals surface area contributed by atoms with Crippen LogP contribution in [0.5, 0.6) is 11.5 Å². The van der Waals surface area contributed by atoms with Gasteiger partial charge in [0.25, 0.3) is 5.91 Å². The van der Waals surface area contributed by atoms with E-state index in [0.717, 1.165) is 24.0 Å². The van der Waals surface area contributed by atoms with Crippen LogP contribution in [0.3, 0.4) is 0 Å². The maximum absolute atomic E-state index is 13.9. The largest absolute Gasteiger partial charge is 0.493 e. The minimum Gasteiger partial charge on any atom is -0.493 e. The van der Waals surface area contributed by atoms with Gasteiger partial charge < -0.3 is 19.7 Å². The lowest BCUT2D eigenvalue weighted by Gasteiger charge is -2.29. The second-order valence-corrected chi connectivity index (χ2v) is 10.00. The van der Waals surface area contributed by atoms with Crippen LogP contribution in [0.2, 0.25) is 10.0 Å². The number of fused-ring (bicyclic) bond motifs is 1. The van der Waals surface area contributed by atoms with Gasteiger partial charge in [-0.1, -0.05) is 41.4 Å². The molecule has 2 amide bonds. The number of halogens is 2. The molecule has 2 aromatic carbocycles. The van der Waals surface area contributed by atoms with Crippen LogP contribution in [-0.4, -0.2) is 35.4 Å². The Hall–Kier alpha value is -3.29. The highest BCUT2D eigenvalue weighted by atomic mass is 35.5. The fraction of sp³-hybridized carbons (Fsp3) is 0.321. The van der Waals surface area contributed by atoms with Crippen LogP contribution in [0.25, 0.3) is 0 Å². The predicted molar refractivity (Wildman–Crippen MR) is 143 cm³/mol. The second-order valence-electron chi connectivity index (χ2n) is 9.18. The lowest BCUT2D eigenvalue weighted by molar-refractivity contribution is -0.117. The summed E-state index contributed by atoms with van der Waals surface area (Å²) < 4.78 is 11.3. The van der Waals surface area contributed by atoms with Crippen molar-refractivity contribution in [3.8, 4) is 11.5 Å². The summed E-state index contributed by atoms with van der Waals surface area (Å²) >= 11 is 13.0. The number of carbonyl (C=O) groups is 2. The third-order valence-corrected chi connectivity index (χ3v) is 7.42. The second kappa shape index (κ2) is 10.6. The van der Waals surface area contributed by atoms with E-state index < -0.39 is 6.04 Å². The molecule has 1 N–H and O–H groups in total. The summed E-state index contributed by atoms with van der Waals surface area (Å²) in [5.41, 5.74) is 3.47. The lowest BCUT2D eigenvalue weighted by atomic mass is 9.97. The van der Waals surface area contributed by atoms with Crippen LogP contribution < -0.4 is 14.8 Å². The van der Waals surface area contributed by atoms with Gasteiger partial charge >= 0.3 is 0 Å². The fourth-order valence-corrected chi connectivity index (χ4v) is 5.24. The van der Waals surface area contributed by atoms with Gasteiger partial charge in [-0.15, -0.1) is 0 Å². The average molecular weight is 540 g/mol. The van der Waals surface area contributed by atoms with Gasteiger partial charge in [0.1, 0.15) is 0 Å². The van der Waals surface area contributed by atoms with Gasteiger partial charge in [-0.3, -0.25) is 14.6 Å². The summed E-state index contributed by atoms with van der Waals surface area (Å²) in [7, 11) is 1.59. The number of nitrogens with one attached hydrogen (secondary N) is 1. The number of benzene rings is 2. The number of methoxy groups -OCH3 is 1. The standard InChI is InChI=1S/C28H27Cl2N3O4/c1-3-37-25-11-17(9-10-24(25)36-2)23(12-19-20(29)13-31-14-21(19)30)33-15-18-5-4-6-22(26(18)28(33)35)32-27(34)16-7-8-16/h4-6,9-11,13-14,16,23H,3,7-8,12,15H2,1-2H3,(H,32,34). The molecule has 3 aromatic rings. The Morgan fingerprint density at radius 3 is 2.59 bits per heavy atom. The van der Waals surface area contributed by atoms with Gasteiger partial charge in [0.2, 0.25) is 5.91 Å². The molecule has 1 aliphatic carbocycles. The van der Waals surface area contributed by atoms with Crippen molar-refractivity contribution in [3.05, 3.63) is 81.1 Å². The van der Waals surface area contributed by atoms with E-state index in [9.17, 15) is 9.59 Å². The zero-order valence-electron chi connectivity index (χ0n) is 20.6. The number of rotatable bonds is 9. The van der Waals surface area contributed by atoms with Crippen LogP contribution >= 0.6 is 23.2 Å². The Bertz CT molecular complexity index is 1340. The Balaban J connectivity index is 1.55. The predicted octanol–water partition coefficient (Wildman–Crippen LogP) is 6.08. The molecule has 1 aromatic heterocycles. The first-order valence-electron chi connectivity index (χ1n) is 12.2. The van der Waals surface area contributed by atoms with E-state index in [0.29, 0.717) is 57.9 Å². The molecule has 1 atom stereocenters. The number of ether oxygens (including phenoxy) is 2. The number of carbonyl (C=O) groups excluding carboxylic acids is 2. The summed E-state index contributed by atoms with van der Waals surface area (Å²) in [5, 5.41) is 3.83. The molecule has 5 rings (SSSR count). The van der Waals surface area contributed by atoms with Crippen LogP contribution in [0.15, 0.2) is 48.8 Å². The maximum Gasteiger partial charge on any atom is 0.257 e. The maximum atomic E-state index is 13.9. The Labute approximate surface area is 225 Å². The number of aromatic nitrogens is 1. The molecule has 2 aliphatic rings. The quantitative estimate of drug-likeness (QED) is 0.356.